The molecule has 1 N–H and O–H groups in total. The van der Waals surface area contributed by atoms with Gasteiger partial charge in [0.1, 0.15) is 11.5 Å². The minimum atomic E-state index is -4.94. The first-order valence-corrected chi connectivity index (χ1v) is 12.2. The maximum atomic E-state index is 14.2. The number of furan rings is 1. The van der Waals surface area contributed by atoms with E-state index in [2.05, 4.69) is 10.3 Å². The molecule has 0 radical (unpaired) electrons. The maximum Gasteiger partial charge on any atom is 0.434 e. The second-order valence-electron chi connectivity index (χ2n) is 8.38. The summed E-state index contributed by atoms with van der Waals surface area (Å²) < 4.78 is 58.6. The first-order valence-electron chi connectivity index (χ1n) is 11.3. The number of halogens is 3. The zero-order valence-electron chi connectivity index (χ0n) is 20.2. The number of alkyl halides is 3. The number of rotatable bonds is 8. The Kier molecular flexibility index (Phi) is 7.67. The van der Waals surface area contributed by atoms with Crippen LogP contribution in [-0.4, -0.2) is 41.3 Å². The van der Waals surface area contributed by atoms with Crippen LogP contribution in [0.1, 0.15) is 37.6 Å². The third kappa shape index (κ3) is 5.68. The summed E-state index contributed by atoms with van der Waals surface area (Å²) in [5.74, 6) is -0.727. The van der Waals surface area contributed by atoms with Crippen LogP contribution in [0.15, 0.2) is 74.4 Å². The van der Waals surface area contributed by atoms with Crippen molar-refractivity contribution in [1.82, 2.24) is 10.2 Å². The van der Waals surface area contributed by atoms with E-state index < -0.39 is 35.6 Å². The highest BCUT2D eigenvalue weighted by Crippen LogP contribution is 2.49. The van der Waals surface area contributed by atoms with E-state index in [1.807, 2.05) is 0 Å². The summed E-state index contributed by atoms with van der Waals surface area (Å²) in [5.41, 5.74) is -1.37. The number of methoxy groups -OCH3 is 1. The molecule has 0 spiro atoms. The van der Waals surface area contributed by atoms with Crippen LogP contribution in [-0.2, 0) is 20.9 Å². The number of amides is 1. The van der Waals surface area contributed by atoms with Gasteiger partial charge >= 0.3 is 12.1 Å². The van der Waals surface area contributed by atoms with Gasteiger partial charge < -0.3 is 24.1 Å². The Balaban J connectivity index is 1.77. The lowest BCUT2D eigenvalue weighted by Crippen LogP contribution is -2.40. The third-order valence-electron chi connectivity index (χ3n) is 5.46. The Labute approximate surface area is 215 Å². The summed E-state index contributed by atoms with van der Waals surface area (Å²) in [7, 11) is 1.38. The fraction of sp³-hybridized carbons (Fsp3) is 0.320. The van der Waals surface area contributed by atoms with E-state index in [0.717, 1.165) is 11.8 Å². The molecule has 2 aliphatic heterocycles. The quantitative estimate of drug-likeness (QED) is 0.472. The highest BCUT2D eigenvalue weighted by molar-refractivity contribution is 8.16. The first-order chi connectivity index (χ1) is 17.6. The van der Waals surface area contributed by atoms with Crippen molar-refractivity contribution in [3.63, 3.8) is 0 Å². The average molecular weight is 536 g/mol. The molecule has 3 heterocycles. The van der Waals surface area contributed by atoms with Gasteiger partial charge in [-0.1, -0.05) is 30.0 Å². The van der Waals surface area contributed by atoms with Crippen molar-refractivity contribution in [2.45, 2.75) is 45.1 Å². The van der Waals surface area contributed by atoms with Gasteiger partial charge in [-0.3, -0.25) is 4.79 Å². The van der Waals surface area contributed by atoms with E-state index in [9.17, 15) is 22.8 Å². The number of hydrogen-bond donors (Lipinski definition) is 1. The Hall–Kier alpha value is -3.67. The van der Waals surface area contributed by atoms with Crippen LogP contribution in [0.2, 0.25) is 0 Å². The standard InChI is InChI=1S/C25H24F3N3O5S/c1-14(2)36-23(33)20-21(17-8-4-5-9-18(17)34-3)31-15(11-19(32)29-12-16-7-6-10-35-16)13-37-24(31)30-22(20)25(26,27)28/h4-10,13-14,21H,11-12H2,1-3H3,(H,29,32). The minimum absolute atomic E-state index is 0.0156. The van der Waals surface area contributed by atoms with Crippen molar-refractivity contribution in [3.05, 3.63) is 76.4 Å². The number of aliphatic imine (C=N–C) groups is 1. The smallest absolute Gasteiger partial charge is 0.434 e. The molecule has 2 aliphatic rings. The summed E-state index contributed by atoms with van der Waals surface area (Å²) in [5, 5.41) is 4.26. The molecule has 0 aliphatic carbocycles. The van der Waals surface area contributed by atoms with Crippen LogP contribution in [0, 0.1) is 0 Å². The second-order valence-corrected chi connectivity index (χ2v) is 9.22. The van der Waals surface area contributed by atoms with Crippen molar-refractivity contribution in [2.24, 2.45) is 4.99 Å². The van der Waals surface area contributed by atoms with Crippen LogP contribution < -0.4 is 10.1 Å². The van der Waals surface area contributed by atoms with Crippen LogP contribution in [0.4, 0.5) is 13.2 Å². The molecule has 1 amide bonds. The third-order valence-corrected chi connectivity index (χ3v) is 6.35. The van der Waals surface area contributed by atoms with Gasteiger partial charge in [-0.25, -0.2) is 9.79 Å². The highest BCUT2D eigenvalue weighted by atomic mass is 32.2. The fourth-order valence-electron chi connectivity index (χ4n) is 3.97. The number of benzene rings is 1. The Morgan fingerprint density at radius 1 is 1.22 bits per heavy atom. The van der Waals surface area contributed by atoms with Crippen LogP contribution in [0.25, 0.3) is 0 Å². The molecule has 1 unspecified atom stereocenters. The van der Waals surface area contributed by atoms with Crippen molar-refractivity contribution in [3.8, 4) is 5.75 Å². The lowest BCUT2D eigenvalue weighted by molar-refractivity contribution is -0.145. The number of para-hydroxylation sites is 1. The Bertz CT molecular complexity index is 1270. The maximum absolute atomic E-state index is 14.2. The van der Waals surface area contributed by atoms with Gasteiger partial charge in [0.25, 0.3) is 0 Å². The minimum Gasteiger partial charge on any atom is -0.496 e. The van der Waals surface area contributed by atoms with Gasteiger partial charge in [0.15, 0.2) is 10.9 Å². The lowest BCUT2D eigenvalue weighted by atomic mass is 9.92. The molecule has 1 aromatic carbocycles. The van der Waals surface area contributed by atoms with Crippen molar-refractivity contribution in [1.29, 1.82) is 0 Å². The lowest BCUT2D eigenvalue weighted by Gasteiger charge is -2.37. The predicted octanol–water partition coefficient (Wildman–Crippen LogP) is 5.06. The number of carbonyl (C=O) groups is 2. The molecule has 1 aromatic heterocycles. The Morgan fingerprint density at radius 3 is 2.62 bits per heavy atom. The number of nitrogens with zero attached hydrogens (tertiary/aromatic N) is 2. The highest BCUT2D eigenvalue weighted by Gasteiger charge is 2.50. The second kappa shape index (κ2) is 10.8. The van der Waals surface area contributed by atoms with Crippen molar-refractivity contribution >= 4 is 28.8 Å². The number of fused-ring (bicyclic) bond motifs is 1. The number of hydrogen-bond acceptors (Lipinski definition) is 8. The van der Waals surface area contributed by atoms with Gasteiger partial charge in [-0.15, -0.1) is 0 Å². The molecular formula is C25H24F3N3O5S. The molecule has 0 saturated carbocycles. The number of thioether (sulfide) groups is 1. The molecule has 1 atom stereocenters. The van der Waals surface area contributed by atoms with E-state index in [-0.39, 0.29) is 29.8 Å². The van der Waals surface area contributed by atoms with E-state index in [4.69, 9.17) is 13.9 Å². The fourth-order valence-corrected chi connectivity index (χ4v) is 4.89. The molecule has 0 saturated heterocycles. The molecule has 196 valence electrons. The van der Waals surface area contributed by atoms with Crippen LogP contribution >= 0.6 is 11.8 Å². The summed E-state index contributed by atoms with van der Waals surface area (Å²) in [4.78, 5) is 31.2. The largest absolute Gasteiger partial charge is 0.496 e. The predicted molar refractivity (Wildman–Crippen MR) is 130 cm³/mol. The molecule has 0 fully saturated rings. The molecule has 8 nitrogen and oxygen atoms in total. The van der Waals surface area contributed by atoms with Gasteiger partial charge in [0, 0.05) is 11.3 Å². The molecular weight excluding hydrogens is 511 g/mol. The number of allylic oxidation sites excluding steroid dienone is 1. The topological polar surface area (TPSA) is 93.4 Å². The number of ether oxygens (including phenoxy) is 2. The van der Waals surface area contributed by atoms with Crippen LogP contribution in [0.3, 0.4) is 0 Å². The Morgan fingerprint density at radius 2 is 1.97 bits per heavy atom. The summed E-state index contributed by atoms with van der Waals surface area (Å²) >= 11 is 0.940. The van der Waals surface area contributed by atoms with E-state index in [1.54, 1.807) is 55.7 Å². The number of carbonyl (C=O) groups excluding carboxylic acids is 2. The summed E-state index contributed by atoms with van der Waals surface area (Å²) in [6.07, 6.45) is -4.30. The SMILES string of the molecule is COc1ccccc1C1C(C(=O)OC(C)C)=C(C(F)(F)F)N=C2SC=C(CC(=O)NCc3ccco3)N21. The first kappa shape index (κ1) is 26.4. The van der Waals surface area contributed by atoms with E-state index in [0.29, 0.717) is 17.0 Å². The van der Waals surface area contributed by atoms with Gasteiger partial charge in [0.05, 0.1) is 44.1 Å². The molecule has 12 heteroatoms. The van der Waals surface area contributed by atoms with E-state index >= 15 is 0 Å². The summed E-state index contributed by atoms with van der Waals surface area (Å²) in [6, 6.07) is 8.54. The average Bonchev–Trinajstić information content (AvgIpc) is 3.51. The van der Waals surface area contributed by atoms with Crippen LogP contribution in [0.5, 0.6) is 5.75 Å². The molecule has 2 aromatic rings. The monoisotopic (exact) mass is 535 g/mol. The van der Waals surface area contributed by atoms with Gasteiger partial charge in [-0.05, 0) is 37.5 Å². The molecule has 4 rings (SSSR count). The number of esters is 1. The molecule has 37 heavy (non-hydrogen) atoms. The number of amidine groups is 1. The number of nitrogens with one attached hydrogen (secondary N) is 1. The van der Waals surface area contributed by atoms with E-state index in [1.165, 1.54) is 18.3 Å². The zero-order valence-corrected chi connectivity index (χ0v) is 21.0. The van der Waals surface area contributed by atoms with Gasteiger partial charge in [0.2, 0.25) is 5.91 Å². The summed E-state index contributed by atoms with van der Waals surface area (Å²) in [6.45, 7) is 3.23. The van der Waals surface area contributed by atoms with Gasteiger partial charge in [-0.2, -0.15) is 13.2 Å². The van der Waals surface area contributed by atoms with Crippen molar-refractivity contribution in [2.75, 3.05) is 7.11 Å². The normalized spacial score (nSPS) is 17.4. The van der Waals surface area contributed by atoms with Crippen molar-refractivity contribution < 1.29 is 36.7 Å². The zero-order chi connectivity index (χ0) is 26.7. The molecule has 0 bridgehead atoms.